The molecule has 1 N–H and O–H groups in total. The van der Waals surface area contributed by atoms with E-state index in [1.165, 1.54) is 0 Å². The molecule has 10 heteroatoms. The average Bonchev–Trinajstić information content (AvgIpc) is 2.78. The second-order valence-electron chi connectivity index (χ2n) is 10.0. The molecule has 0 saturated carbocycles. The van der Waals surface area contributed by atoms with E-state index >= 15 is 0 Å². The van der Waals surface area contributed by atoms with Crippen molar-refractivity contribution < 1.29 is 27.9 Å². The van der Waals surface area contributed by atoms with Crippen LogP contribution in [-0.4, -0.2) is 52.9 Å². The molecule has 0 spiro atoms. The molecule has 1 fully saturated rings. The summed E-state index contributed by atoms with van der Waals surface area (Å²) in [6, 6.07) is 12.8. The van der Waals surface area contributed by atoms with E-state index in [0.717, 1.165) is 5.56 Å². The number of carboxylic acids is 1. The van der Waals surface area contributed by atoms with E-state index in [2.05, 4.69) is 0 Å². The van der Waals surface area contributed by atoms with Crippen LogP contribution in [0.4, 0.5) is 0 Å². The van der Waals surface area contributed by atoms with Gasteiger partial charge in [-0.3, -0.25) is 9.59 Å². The molecule has 0 radical (unpaired) electrons. The second kappa shape index (κ2) is 11.1. The summed E-state index contributed by atoms with van der Waals surface area (Å²) in [5.41, 5.74) is 1.39. The van der Waals surface area contributed by atoms with Gasteiger partial charge < -0.3 is 14.7 Å². The number of ether oxygens (including phenoxy) is 1. The molecular weight excluding hydrogens is 525 g/mol. The first-order chi connectivity index (χ1) is 16.7. The summed E-state index contributed by atoms with van der Waals surface area (Å²) in [5, 5.41) is 10.4. The van der Waals surface area contributed by atoms with Gasteiger partial charge in [-0.05, 0) is 69.5 Å². The fourth-order valence-electron chi connectivity index (χ4n) is 4.25. The first-order valence-electron chi connectivity index (χ1n) is 11.6. The fourth-order valence-corrected chi connectivity index (χ4v) is 5.84. The van der Waals surface area contributed by atoms with Crippen LogP contribution in [-0.2, 0) is 24.2 Å². The van der Waals surface area contributed by atoms with Gasteiger partial charge in [0.05, 0.1) is 23.0 Å². The Morgan fingerprint density at radius 1 is 1.08 bits per heavy atom. The number of halogens is 2. The number of rotatable bonds is 8. The zero-order valence-corrected chi connectivity index (χ0v) is 23.0. The third kappa shape index (κ3) is 6.40. The highest BCUT2D eigenvalue weighted by molar-refractivity contribution is 7.92. The van der Waals surface area contributed by atoms with Gasteiger partial charge in [0, 0.05) is 16.1 Å². The number of aliphatic carboxylic acids is 1. The Labute approximate surface area is 222 Å². The molecule has 2 aromatic rings. The smallest absolute Gasteiger partial charge is 0.306 e. The number of carboxylic acid groups (broad SMARTS) is 1. The number of hydrogen-bond acceptors (Lipinski definition) is 5. The molecule has 1 aliphatic rings. The Balaban J connectivity index is 2.10. The van der Waals surface area contributed by atoms with E-state index < -0.39 is 57.2 Å². The maximum Gasteiger partial charge on any atom is 0.306 e. The van der Waals surface area contributed by atoms with Crippen molar-refractivity contribution in [3.63, 3.8) is 0 Å². The molecule has 1 saturated heterocycles. The summed E-state index contributed by atoms with van der Waals surface area (Å²) in [6.45, 7) is 6.70. The molecule has 4 atom stereocenters. The topological polar surface area (TPSA) is 101 Å². The third-order valence-electron chi connectivity index (χ3n) is 6.39. The molecule has 0 aromatic heterocycles. The normalized spacial score (nSPS) is 21.9. The van der Waals surface area contributed by atoms with Crippen LogP contribution in [0.5, 0.6) is 0 Å². The third-order valence-corrected chi connectivity index (χ3v) is 9.51. The van der Waals surface area contributed by atoms with Crippen molar-refractivity contribution in [2.75, 3.05) is 5.75 Å². The van der Waals surface area contributed by atoms with Gasteiger partial charge in [0.15, 0.2) is 9.84 Å². The van der Waals surface area contributed by atoms with Crippen LogP contribution >= 0.6 is 23.2 Å². The van der Waals surface area contributed by atoms with Crippen LogP contribution in [0, 0.1) is 0 Å². The molecule has 1 amide bonds. The van der Waals surface area contributed by atoms with Gasteiger partial charge in [-0.2, -0.15) is 0 Å². The SMILES string of the molecule is C[C@@H](CCS(=O)(=O)C(C)(C)C)N1C(=O)[C@H](CC(=O)O)O[C@H](c2cccc(Cl)c2)[C@H]1c1ccc(Cl)cc1. The van der Waals surface area contributed by atoms with Crippen LogP contribution < -0.4 is 0 Å². The van der Waals surface area contributed by atoms with Gasteiger partial charge in [0.2, 0.25) is 0 Å². The molecule has 7 nitrogen and oxygen atoms in total. The lowest BCUT2D eigenvalue weighted by atomic mass is 9.89. The lowest BCUT2D eigenvalue weighted by molar-refractivity contribution is -0.182. The van der Waals surface area contributed by atoms with Crippen LogP contribution in [0.3, 0.4) is 0 Å². The highest BCUT2D eigenvalue weighted by Crippen LogP contribution is 2.44. The van der Waals surface area contributed by atoms with E-state index in [-0.39, 0.29) is 12.2 Å². The Kier molecular flexibility index (Phi) is 8.76. The van der Waals surface area contributed by atoms with Gasteiger partial charge in [0.25, 0.3) is 5.91 Å². The maximum atomic E-state index is 13.7. The monoisotopic (exact) mass is 555 g/mol. The van der Waals surface area contributed by atoms with Gasteiger partial charge >= 0.3 is 5.97 Å². The van der Waals surface area contributed by atoms with Gasteiger partial charge in [-0.25, -0.2) is 8.42 Å². The fraction of sp³-hybridized carbons (Fsp3) is 0.462. The number of hydrogen-bond donors (Lipinski definition) is 1. The molecular formula is C26H31Cl2NO6S. The minimum Gasteiger partial charge on any atom is -0.481 e. The van der Waals surface area contributed by atoms with E-state index in [1.807, 2.05) is 0 Å². The van der Waals surface area contributed by atoms with Gasteiger partial charge in [-0.15, -0.1) is 0 Å². The molecule has 36 heavy (non-hydrogen) atoms. The van der Waals surface area contributed by atoms with Crippen molar-refractivity contribution in [3.8, 4) is 0 Å². The van der Waals surface area contributed by atoms with Crippen molar-refractivity contribution >= 4 is 44.9 Å². The molecule has 1 aliphatic heterocycles. The molecule has 196 valence electrons. The molecule has 0 bridgehead atoms. The first kappa shape index (κ1) is 28.4. The summed E-state index contributed by atoms with van der Waals surface area (Å²) < 4.78 is 30.8. The Hall–Kier alpha value is -2.13. The number of sulfone groups is 1. The lowest BCUT2D eigenvalue weighted by Crippen LogP contribution is -2.55. The highest BCUT2D eigenvalue weighted by atomic mass is 35.5. The van der Waals surface area contributed by atoms with Crippen LogP contribution in [0.1, 0.15) is 63.8 Å². The summed E-state index contributed by atoms with van der Waals surface area (Å²) >= 11 is 12.4. The Bertz CT molecular complexity index is 1210. The number of carbonyl (C=O) groups is 2. The number of benzene rings is 2. The molecule has 2 aromatic carbocycles. The lowest BCUT2D eigenvalue weighted by Gasteiger charge is -2.47. The summed E-state index contributed by atoms with van der Waals surface area (Å²) in [5.74, 6) is -1.80. The Morgan fingerprint density at radius 3 is 2.28 bits per heavy atom. The zero-order valence-electron chi connectivity index (χ0n) is 20.6. The summed E-state index contributed by atoms with van der Waals surface area (Å²) in [4.78, 5) is 26.8. The zero-order chi connectivity index (χ0) is 26.8. The number of morpholine rings is 1. The second-order valence-corrected chi connectivity index (χ2v) is 13.7. The summed E-state index contributed by atoms with van der Waals surface area (Å²) in [6.07, 6.45) is -2.32. The molecule has 0 aliphatic carbocycles. The van der Waals surface area contributed by atoms with Crippen molar-refractivity contribution in [3.05, 3.63) is 69.7 Å². The standard InChI is InChI=1S/C26H31Cl2NO6S/c1-16(12-13-36(33,34)26(2,3)4)29-23(17-8-10-19(27)11-9-17)24(18-6-5-7-20(28)14-18)35-21(25(29)32)15-22(30)31/h5-11,14,16,21,23-24H,12-13,15H2,1-4H3,(H,30,31)/t16-,21-,23+,24+/m0/s1. The van der Waals surface area contributed by atoms with Crippen molar-refractivity contribution in [2.24, 2.45) is 0 Å². The quantitative estimate of drug-likeness (QED) is 0.463. The maximum absolute atomic E-state index is 13.7. The van der Waals surface area contributed by atoms with Crippen molar-refractivity contribution in [1.82, 2.24) is 4.90 Å². The number of amides is 1. The molecule has 3 rings (SSSR count). The van der Waals surface area contributed by atoms with Gasteiger partial charge in [-0.1, -0.05) is 47.5 Å². The van der Waals surface area contributed by atoms with Crippen molar-refractivity contribution in [1.29, 1.82) is 0 Å². The van der Waals surface area contributed by atoms with E-state index in [1.54, 1.807) is 81.1 Å². The van der Waals surface area contributed by atoms with E-state index in [0.29, 0.717) is 15.6 Å². The minimum absolute atomic E-state index is 0.124. The van der Waals surface area contributed by atoms with Crippen LogP contribution in [0.25, 0.3) is 0 Å². The van der Waals surface area contributed by atoms with Crippen molar-refractivity contribution in [2.45, 2.75) is 69.6 Å². The van der Waals surface area contributed by atoms with E-state index in [9.17, 15) is 23.1 Å². The predicted molar refractivity (Wildman–Crippen MR) is 140 cm³/mol. The number of carbonyl (C=O) groups excluding carboxylic acids is 1. The first-order valence-corrected chi connectivity index (χ1v) is 14.0. The van der Waals surface area contributed by atoms with Gasteiger partial charge in [0.1, 0.15) is 12.2 Å². The largest absolute Gasteiger partial charge is 0.481 e. The molecule has 1 heterocycles. The van der Waals surface area contributed by atoms with Crippen LogP contribution in [0.2, 0.25) is 10.0 Å². The Morgan fingerprint density at radius 2 is 1.72 bits per heavy atom. The summed E-state index contributed by atoms with van der Waals surface area (Å²) in [7, 11) is -3.44. The highest BCUT2D eigenvalue weighted by Gasteiger charge is 2.46. The predicted octanol–water partition coefficient (Wildman–Crippen LogP) is 5.47. The number of nitrogens with zero attached hydrogens (tertiary/aromatic N) is 1. The average molecular weight is 557 g/mol. The van der Waals surface area contributed by atoms with Crippen LogP contribution in [0.15, 0.2) is 48.5 Å². The minimum atomic E-state index is -3.44. The van der Waals surface area contributed by atoms with E-state index in [4.69, 9.17) is 27.9 Å². The molecule has 0 unspecified atom stereocenters.